The Bertz CT molecular complexity index is 464. The van der Waals surface area contributed by atoms with E-state index in [2.05, 4.69) is 47.6 Å². The highest BCUT2D eigenvalue weighted by Gasteiger charge is 2.26. The number of hydrogen-bond acceptors (Lipinski definition) is 2. The van der Waals surface area contributed by atoms with Crippen LogP contribution in [0.15, 0.2) is 24.3 Å². The van der Waals surface area contributed by atoms with E-state index in [1.165, 1.54) is 0 Å². The van der Waals surface area contributed by atoms with Crippen molar-refractivity contribution in [2.75, 3.05) is 6.61 Å². The van der Waals surface area contributed by atoms with Crippen LogP contribution in [-0.4, -0.2) is 11.7 Å². The monoisotopic (exact) mass is 290 g/mol. The predicted molar refractivity (Wildman–Crippen MR) is 90.4 cm³/mol. The van der Waals surface area contributed by atoms with Gasteiger partial charge in [0, 0.05) is 11.1 Å². The fourth-order valence-corrected chi connectivity index (χ4v) is 2.25. The number of aromatic hydroxyl groups is 1. The van der Waals surface area contributed by atoms with E-state index in [0.717, 1.165) is 23.3 Å². The molecule has 0 radical (unpaired) electrons. The van der Waals surface area contributed by atoms with Crippen LogP contribution in [0.2, 0.25) is 0 Å². The summed E-state index contributed by atoms with van der Waals surface area (Å²) in [5.41, 5.74) is 1.64. The predicted octanol–water partition coefficient (Wildman–Crippen LogP) is 5.33. The second-order valence-electron chi connectivity index (χ2n) is 7.57. The molecule has 0 unspecified atom stereocenters. The van der Waals surface area contributed by atoms with Crippen molar-refractivity contribution >= 4 is 0 Å². The molecule has 1 aromatic rings. The summed E-state index contributed by atoms with van der Waals surface area (Å²) in [5.74, 6) is 1.24. The molecular weight excluding hydrogens is 260 g/mol. The van der Waals surface area contributed by atoms with Gasteiger partial charge in [-0.25, -0.2) is 0 Å². The number of ether oxygens (including phenoxy) is 1. The number of hydrogen-bond donors (Lipinski definition) is 1. The number of benzene rings is 1. The van der Waals surface area contributed by atoms with Gasteiger partial charge in [-0.3, -0.25) is 0 Å². The van der Waals surface area contributed by atoms with Crippen LogP contribution < -0.4 is 4.74 Å². The summed E-state index contributed by atoms with van der Waals surface area (Å²) in [6, 6.07) is 3.94. The fourth-order valence-electron chi connectivity index (χ4n) is 2.25. The lowest BCUT2D eigenvalue weighted by molar-refractivity contribution is 0.320. The third-order valence-electron chi connectivity index (χ3n) is 3.49. The molecule has 0 bridgehead atoms. The normalized spacial score (nSPS) is 12.9. The summed E-state index contributed by atoms with van der Waals surface area (Å²) in [6.07, 6.45) is 5.02. The molecule has 0 aromatic heterocycles. The first-order valence-electron chi connectivity index (χ1n) is 7.69. The van der Waals surface area contributed by atoms with Crippen molar-refractivity contribution in [1.29, 1.82) is 0 Å². The lowest BCUT2D eigenvalue weighted by atomic mass is 9.79. The first kappa shape index (κ1) is 17.6. The van der Waals surface area contributed by atoms with Gasteiger partial charge < -0.3 is 9.84 Å². The molecule has 1 N–H and O–H groups in total. The van der Waals surface area contributed by atoms with E-state index in [4.69, 9.17) is 4.74 Å². The minimum Gasteiger partial charge on any atom is -0.507 e. The minimum atomic E-state index is -0.118. The van der Waals surface area contributed by atoms with Gasteiger partial charge >= 0.3 is 0 Å². The molecule has 2 nitrogen and oxygen atoms in total. The minimum absolute atomic E-state index is 0.118. The van der Waals surface area contributed by atoms with Crippen molar-refractivity contribution in [3.8, 4) is 11.5 Å². The van der Waals surface area contributed by atoms with Crippen LogP contribution in [0, 0.1) is 0 Å². The lowest BCUT2D eigenvalue weighted by Gasteiger charge is -2.28. The van der Waals surface area contributed by atoms with Crippen molar-refractivity contribution in [3.05, 3.63) is 35.4 Å². The van der Waals surface area contributed by atoms with Gasteiger partial charge in [-0.2, -0.15) is 0 Å². The summed E-state index contributed by atoms with van der Waals surface area (Å²) in [4.78, 5) is 0. The lowest BCUT2D eigenvalue weighted by Crippen LogP contribution is -2.17. The molecule has 118 valence electrons. The largest absolute Gasteiger partial charge is 0.507 e. The quantitative estimate of drug-likeness (QED) is 0.599. The van der Waals surface area contributed by atoms with Crippen molar-refractivity contribution in [3.63, 3.8) is 0 Å². The number of allylic oxidation sites excluding steroid dienone is 1. The molecule has 2 heteroatoms. The second kappa shape index (κ2) is 6.55. The first-order valence-corrected chi connectivity index (χ1v) is 7.69. The van der Waals surface area contributed by atoms with Gasteiger partial charge in [-0.15, -0.1) is 0 Å². The van der Waals surface area contributed by atoms with Crippen LogP contribution in [0.3, 0.4) is 0 Å². The van der Waals surface area contributed by atoms with Gasteiger partial charge in [-0.1, -0.05) is 53.7 Å². The van der Waals surface area contributed by atoms with E-state index < -0.39 is 0 Å². The van der Waals surface area contributed by atoms with Crippen LogP contribution in [0.25, 0.3) is 0 Å². The van der Waals surface area contributed by atoms with Crippen molar-refractivity contribution in [1.82, 2.24) is 0 Å². The first-order chi connectivity index (χ1) is 9.57. The second-order valence-corrected chi connectivity index (χ2v) is 7.57. The summed E-state index contributed by atoms with van der Waals surface area (Å²) in [6.45, 7) is 15.3. The molecule has 0 fully saturated rings. The van der Waals surface area contributed by atoms with E-state index in [1.54, 1.807) is 0 Å². The Kier molecular flexibility index (Phi) is 5.49. The van der Waals surface area contributed by atoms with E-state index in [1.807, 2.05) is 25.1 Å². The summed E-state index contributed by atoms with van der Waals surface area (Å²) in [5, 5.41) is 10.6. The Hall–Kier alpha value is -1.44. The molecule has 21 heavy (non-hydrogen) atoms. The molecule has 0 aliphatic heterocycles. The molecule has 0 atom stereocenters. The van der Waals surface area contributed by atoms with Gasteiger partial charge in [0.25, 0.3) is 0 Å². The highest BCUT2D eigenvalue weighted by atomic mass is 16.5. The standard InChI is InChI=1S/C19H30O2/c1-8-9-10-11-21-14-12-15(18(2,3)4)17(20)16(13-14)19(5,6)7/h8-9,12-13,20H,10-11H2,1-7H3. The number of phenolic OH excluding ortho intramolecular Hbond substituents is 1. The molecule has 0 aliphatic rings. The Morgan fingerprint density at radius 2 is 1.48 bits per heavy atom. The molecule has 0 spiro atoms. The van der Waals surface area contributed by atoms with Crippen molar-refractivity contribution in [2.24, 2.45) is 0 Å². The Labute approximate surface area is 129 Å². The van der Waals surface area contributed by atoms with Crippen LogP contribution >= 0.6 is 0 Å². The van der Waals surface area contributed by atoms with Gasteiger partial charge in [0.1, 0.15) is 11.5 Å². The van der Waals surface area contributed by atoms with E-state index in [0.29, 0.717) is 12.4 Å². The van der Waals surface area contributed by atoms with Gasteiger partial charge in [-0.05, 0) is 36.3 Å². The molecule has 1 aromatic carbocycles. The fraction of sp³-hybridized carbons (Fsp3) is 0.579. The van der Waals surface area contributed by atoms with E-state index >= 15 is 0 Å². The Balaban J connectivity index is 3.21. The SMILES string of the molecule is CC=CCCOc1cc(C(C)(C)C)c(O)c(C(C)(C)C)c1. The summed E-state index contributed by atoms with van der Waals surface area (Å²) in [7, 11) is 0. The topological polar surface area (TPSA) is 29.5 Å². The third-order valence-corrected chi connectivity index (χ3v) is 3.49. The van der Waals surface area contributed by atoms with Crippen LogP contribution in [0.4, 0.5) is 0 Å². The summed E-state index contributed by atoms with van der Waals surface area (Å²) < 4.78 is 5.87. The molecule has 1 rings (SSSR count). The average molecular weight is 290 g/mol. The van der Waals surface area contributed by atoms with Gasteiger partial charge in [0.15, 0.2) is 0 Å². The zero-order chi connectivity index (χ0) is 16.3. The van der Waals surface area contributed by atoms with Gasteiger partial charge in [0.05, 0.1) is 6.61 Å². The molecule has 0 amide bonds. The maximum Gasteiger partial charge on any atom is 0.123 e. The molecule has 0 saturated heterocycles. The molecule has 0 aliphatic carbocycles. The third kappa shape index (κ3) is 4.80. The van der Waals surface area contributed by atoms with Crippen LogP contribution in [0.1, 0.15) is 66.0 Å². The Morgan fingerprint density at radius 1 is 1.00 bits per heavy atom. The smallest absolute Gasteiger partial charge is 0.123 e. The maximum absolute atomic E-state index is 10.6. The van der Waals surface area contributed by atoms with E-state index in [-0.39, 0.29) is 10.8 Å². The zero-order valence-corrected chi connectivity index (χ0v) is 14.6. The molecule has 0 saturated carbocycles. The Morgan fingerprint density at radius 3 is 1.86 bits per heavy atom. The zero-order valence-electron chi connectivity index (χ0n) is 14.6. The van der Waals surface area contributed by atoms with Crippen LogP contribution in [0.5, 0.6) is 11.5 Å². The van der Waals surface area contributed by atoms with Gasteiger partial charge in [0.2, 0.25) is 0 Å². The molecular formula is C19H30O2. The number of rotatable bonds is 4. The average Bonchev–Trinajstić information content (AvgIpc) is 2.33. The maximum atomic E-state index is 10.6. The summed E-state index contributed by atoms with van der Waals surface area (Å²) >= 11 is 0. The number of phenols is 1. The highest BCUT2D eigenvalue weighted by Crippen LogP contribution is 2.41. The van der Waals surface area contributed by atoms with Crippen molar-refractivity contribution < 1.29 is 9.84 Å². The highest BCUT2D eigenvalue weighted by molar-refractivity contribution is 5.51. The van der Waals surface area contributed by atoms with E-state index in [9.17, 15) is 5.11 Å². The van der Waals surface area contributed by atoms with Crippen LogP contribution in [-0.2, 0) is 10.8 Å². The molecule has 0 heterocycles. The van der Waals surface area contributed by atoms with Crippen molar-refractivity contribution in [2.45, 2.75) is 65.7 Å².